The maximum Gasteiger partial charge on any atom is 0.319 e. The van der Waals surface area contributed by atoms with Gasteiger partial charge in [0.05, 0.1) is 29.5 Å². The van der Waals surface area contributed by atoms with Gasteiger partial charge in [0.25, 0.3) is 0 Å². The van der Waals surface area contributed by atoms with Gasteiger partial charge in [0, 0.05) is 12.7 Å². The molecule has 3 rings (SSSR count). The number of anilines is 1. The number of carbonyl (C=O) groups excluding carboxylic acids is 1. The third kappa shape index (κ3) is 4.02. The van der Waals surface area contributed by atoms with Crippen LogP contribution in [-0.4, -0.2) is 40.3 Å². The number of benzene rings is 1. The number of rotatable bonds is 3. The van der Waals surface area contributed by atoms with Crippen molar-refractivity contribution >= 4 is 11.7 Å². The lowest BCUT2D eigenvalue weighted by Crippen LogP contribution is -2.41. The predicted octanol–water partition coefficient (Wildman–Crippen LogP) is 3.21. The molecule has 1 aliphatic heterocycles. The van der Waals surface area contributed by atoms with Crippen molar-refractivity contribution in [2.75, 3.05) is 18.9 Å². The Labute approximate surface area is 149 Å². The smallest absolute Gasteiger partial charge is 0.319 e. The predicted molar refractivity (Wildman–Crippen MR) is 99.6 cm³/mol. The fraction of sp³-hybridized carbons (Fsp3) is 0.474. The molecule has 0 aliphatic carbocycles. The van der Waals surface area contributed by atoms with Gasteiger partial charge in [-0.3, -0.25) is 9.58 Å². The van der Waals surface area contributed by atoms with Crippen LogP contribution in [0.25, 0.3) is 0 Å². The van der Waals surface area contributed by atoms with Crippen LogP contribution in [0.5, 0.6) is 0 Å². The second-order valence-electron chi connectivity index (χ2n) is 7.67. The highest BCUT2D eigenvalue weighted by molar-refractivity contribution is 5.89. The van der Waals surface area contributed by atoms with E-state index in [0.29, 0.717) is 5.69 Å². The molecule has 0 bridgehead atoms. The first-order valence-electron chi connectivity index (χ1n) is 8.72. The molecule has 2 unspecified atom stereocenters. The van der Waals surface area contributed by atoms with Crippen molar-refractivity contribution in [2.24, 2.45) is 0 Å². The summed E-state index contributed by atoms with van der Waals surface area (Å²) in [6.45, 7) is 7.18. The van der Waals surface area contributed by atoms with Crippen LogP contribution in [-0.2, 0) is 5.54 Å². The summed E-state index contributed by atoms with van der Waals surface area (Å²) in [7, 11) is 2.10. The second-order valence-corrected chi connectivity index (χ2v) is 7.67. The van der Waals surface area contributed by atoms with Gasteiger partial charge in [0.1, 0.15) is 0 Å². The average molecular weight is 341 g/mol. The molecular weight excluding hydrogens is 314 g/mol. The van der Waals surface area contributed by atoms with E-state index < -0.39 is 0 Å². The van der Waals surface area contributed by atoms with Crippen LogP contribution in [0.1, 0.15) is 38.8 Å². The highest BCUT2D eigenvalue weighted by Gasteiger charge is 2.33. The summed E-state index contributed by atoms with van der Waals surface area (Å²) in [5.41, 5.74) is 1.83. The third-order valence-electron chi connectivity index (χ3n) is 4.63. The summed E-state index contributed by atoms with van der Waals surface area (Å²) in [6, 6.07) is 10.4. The summed E-state index contributed by atoms with van der Waals surface area (Å²) in [5, 5.41) is 10.3. The Hall–Kier alpha value is -2.34. The number of urea groups is 1. The van der Waals surface area contributed by atoms with Gasteiger partial charge >= 0.3 is 6.03 Å². The minimum atomic E-state index is -0.185. The van der Waals surface area contributed by atoms with E-state index in [1.54, 1.807) is 6.20 Å². The molecule has 2 N–H and O–H groups in total. The molecule has 2 amide bonds. The van der Waals surface area contributed by atoms with Crippen molar-refractivity contribution in [3.63, 3.8) is 0 Å². The number of nitrogens with one attached hydrogen (secondary N) is 2. The summed E-state index contributed by atoms with van der Waals surface area (Å²) in [4.78, 5) is 14.7. The van der Waals surface area contributed by atoms with Gasteiger partial charge in [-0.2, -0.15) is 5.10 Å². The number of aromatic nitrogens is 2. The van der Waals surface area contributed by atoms with Crippen molar-refractivity contribution < 1.29 is 4.79 Å². The van der Waals surface area contributed by atoms with Crippen molar-refractivity contribution in [3.8, 4) is 0 Å². The van der Waals surface area contributed by atoms with Crippen LogP contribution in [0, 0.1) is 0 Å². The van der Waals surface area contributed by atoms with Gasteiger partial charge in [-0.1, -0.05) is 30.3 Å². The van der Waals surface area contributed by atoms with Crippen LogP contribution < -0.4 is 10.6 Å². The van der Waals surface area contributed by atoms with Gasteiger partial charge in [0.15, 0.2) is 0 Å². The minimum Gasteiger partial charge on any atom is -0.333 e. The van der Waals surface area contributed by atoms with Gasteiger partial charge < -0.3 is 10.6 Å². The highest BCUT2D eigenvalue weighted by atomic mass is 16.2. The first-order valence-corrected chi connectivity index (χ1v) is 8.72. The molecule has 6 heteroatoms. The summed E-state index contributed by atoms with van der Waals surface area (Å²) >= 11 is 0. The molecule has 1 aromatic heterocycles. The van der Waals surface area contributed by atoms with E-state index in [-0.39, 0.29) is 23.7 Å². The third-order valence-corrected chi connectivity index (χ3v) is 4.63. The zero-order chi connectivity index (χ0) is 18.0. The molecule has 6 nitrogen and oxygen atoms in total. The number of amides is 2. The van der Waals surface area contributed by atoms with Gasteiger partial charge in [-0.05, 0) is 39.8 Å². The molecule has 25 heavy (non-hydrogen) atoms. The van der Waals surface area contributed by atoms with Crippen LogP contribution in [0.15, 0.2) is 42.7 Å². The van der Waals surface area contributed by atoms with E-state index in [1.165, 1.54) is 5.56 Å². The summed E-state index contributed by atoms with van der Waals surface area (Å²) in [5.74, 6) is 0. The van der Waals surface area contributed by atoms with E-state index in [4.69, 9.17) is 0 Å². The van der Waals surface area contributed by atoms with E-state index in [0.717, 1.165) is 13.0 Å². The fourth-order valence-electron chi connectivity index (χ4n) is 3.32. The largest absolute Gasteiger partial charge is 0.333 e. The molecular formula is C19H27N5O. The van der Waals surface area contributed by atoms with E-state index in [1.807, 2.05) is 29.1 Å². The van der Waals surface area contributed by atoms with Crippen LogP contribution in [0.3, 0.4) is 0 Å². The number of hydrogen-bond acceptors (Lipinski definition) is 3. The van der Waals surface area contributed by atoms with Crippen LogP contribution in [0.2, 0.25) is 0 Å². The topological polar surface area (TPSA) is 62.2 Å². The Morgan fingerprint density at radius 3 is 2.60 bits per heavy atom. The van der Waals surface area contributed by atoms with Crippen LogP contribution >= 0.6 is 0 Å². The molecule has 2 atom stereocenters. The molecule has 1 saturated heterocycles. The average Bonchev–Trinajstić information content (AvgIpc) is 3.15. The lowest BCUT2D eigenvalue weighted by Gasteiger charge is -2.26. The quantitative estimate of drug-likeness (QED) is 0.901. The zero-order valence-electron chi connectivity index (χ0n) is 15.4. The molecule has 2 heterocycles. The number of likely N-dealkylation sites (N-methyl/N-ethyl adjacent to an activating group) is 1. The Bertz CT molecular complexity index is 719. The van der Waals surface area contributed by atoms with Crippen molar-refractivity contribution in [2.45, 2.75) is 44.8 Å². The number of likely N-dealkylation sites (tertiary alicyclic amines) is 1. The molecule has 0 radical (unpaired) electrons. The normalized spacial score (nSPS) is 21.3. The highest BCUT2D eigenvalue weighted by Crippen LogP contribution is 2.30. The zero-order valence-corrected chi connectivity index (χ0v) is 15.4. The van der Waals surface area contributed by atoms with Crippen LogP contribution in [0.4, 0.5) is 10.5 Å². The first-order chi connectivity index (χ1) is 11.8. The molecule has 2 aromatic rings. The van der Waals surface area contributed by atoms with Crippen molar-refractivity contribution in [3.05, 3.63) is 48.3 Å². The van der Waals surface area contributed by atoms with Gasteiger partial charge in [-0.25, -0.2) is 4.79 Å². The number of nitrogens with zero attached hydrogens (tertiary/aromatic N) is 3. The number of carbonyl (C=O) groups is 1. The van der Waals surface area contributed by atoms with E-state index in [9.17, 15) is 4.79 Å². The lowest BCUT2D eigenvalue weighted by atomic mass is 10.0. The summed E-state index contributed by atoms with van der Waals surface area (Å²) in [6.07, 6.45) is 4.47. The monoisotopic (exact) mass is 341 g/mol. The Kier molecular flexibility index (Phi) is 4.81. The SMILES string of the molecule is CN1CCC(NC(=O)Nc2cnn(C(C)(C)C)c2)C1c1ccccc1. The van der Waals surface area contributed by atoms with Gasteiger partial charge in [-0.15, -0.1) is 0 Å². The molecule has 1 fully saturated rings. The van der Waals surface area contributed by atoms with Gasteiger partial charge in [0.2, 0.25) is 0 Å². The Morgan fingerprint density at radius 2 is 1.96 bits per heavy atom. The van der Waals surface area contributed by atoms with E-state index in [2.05, 4.69) is 60.6 Å². The van der Waals surface area contributed by atoms with E-state index >= 15 is 0 Å². The summed E-state index contributed by atoms with van der Waals surface area (Å²) < 4.78 is 1.85. The van der Waals surface area contributed by atoms with Crippen molar-refractivity contribution in [1.82, 2.24) is 20.0 Å². The molecule has 1 aromatic carbocycles. The second kappa shape index (κ2) is 6.88. The lowest BCUT2D eigenvalue weighted by molar-refractivity contribution is 0.240. The maximum absolute atomic E-state index is 12.4. The molecule has 0 spiro atoms. The first kappa shape index (κ1) is 17.5. The molecule has 1 aliphatic rings. The number of hydrogen-bond donors (Lipinski definition) is 2. The Balaban J connectivity index is 1.65. The minimum absolute atomic E-state index is 0.0880. The maximum atomic E-state index is 12.4. The molecule has 0 saturated carbocycles. The Morgan fingerprint density at radius 1 is 1.24 bits per heavy atom. The fourth-order valence-corrected chi connectivity index (χ4v) is 3.32. The standard InChI is InChI=1S/C19H27N5O/c1-19(2,3)24-13-15(12-20-24)21-18(25)22-16-10-11-23(4)17(16)14-8-6-5-7-9-14/h5-9,12-13,16-17H,10-11H2,1-4H3,(H2,21,22,25). The molecule has 134 valence electrons. The van der Waals surface area contributed by atoms with Crippen molar-refractivity contribution in [1.29, 1.82) is 0 Å².